The SMILES string of the molecule is CCOC(=O)C1=C(CN2CCN(C(=O)C3CCC3)CC2)N(CC)C(=O)NC1c1cccc(F)c1. The van der Waals surface area contributed by atoms with Crippen molar-refractivity contribution < 1.29 is 23.5 Å². The number of urea groups is 1. The third kappa shape index (κ3) is 4.94. The number of esters is 1. The molecule has 34 heavy (non-hydrogen) atoms. The minimum absolute atomic E-state index is 0.175. The van der Waals surface area contributed by atoms with Gasteiger partial charge in [0.1, 0.15) is 5.82 Å². The molecule has 0 aromatic heterocycles. The standard InChI is InChI=1S/C25H33FN4O4/c1-3-30-20(16-28-11-13-29(14-12-28)23(31)17-7-5-8-17)21(24(32)34-4-2)22(27-25(30)33)18-9-6-10-19(26)15-18/h6,9-10,15,17,22H,3-5,7-8,11-14,16H2,1-2H3,(H,27,33). The van der Waals surface area contributed by atoms with Crippen LogP contribution in [0.5, 0.6) is 0 Å². The van der Waals surface area contributed by atoms with Crippen molar-refractivity contribution in [3.63, 3.8) is 0 Å². The summed E-state index contributed by atoms with van der Waals surface area (Å²) in [5.41, 5.74) is 1.38. The minimum atomic E-state index is -0.804. The smallest absolute Gasteiger partial charge is 0.338 e. The highest BCUT2D eigenvalue weighted by atomic mass is 19.1. The van der Waals surface area contributed by atoms with Crippen LogP contribution in [0.3, 0.4) is 0 Å². The fourth-order valence-electron chi connectivity index (χ4n) is 4.85. The molecule has 1 atom stereocenters. The summed E-state index contributed by atoms with van der Waals surface area (Å²) in [6, 6.07) is 4.76. The molecule has 9 heteroatoms. The average Bonchev–Trinajstić information content (AvgIpc) is 2.78. The molecule has 0 radical (unpaired) electrons. The lowest BCUT2D eigenvalue weighted by atomic mass is 9.84. The number of piperazine rings is 1. The number of nitrogens with one attached hydrogen (secondary N) is 1. The number of nitrogens with zero attached hydrogens (tertiary/aromatic N) is 3. The zero-order chi connectivity index (χ0) is 24.2. The number of hydrogen-bond acceptors (Lipinski definition) is 5. The van der Waals surface area contributed by atoms with Gasteiger partial charge in [-0.3, -0.25) is 14.6 Å². The highest BCUT2D eigenvalue weighted by molar-refractivity contribution is 5.95. The summed E-state index contributed by atoms with van der Waals surface area (Å²) in [4.78, 5) is 44.4. The van der Waals surface area contributed by atoms with Crippen LogP contribution in [-0.2, 0) is 14.3 Å². The summed E-state index contributed by atoms with van der Waals surface area (Å²) < 4.78 is 19.4. The number of carbonyl (C=O) groups is 3. The third-order valence-electron chi connectivity index (χ3n) is 6.94. The molecule has 2 aliphatic heterocycles. The first-order valence-corrected chi connectivity index (χ1v) is 12.2. The van der Waals surface area contributed by atoms with E-state index in [1.165, 1.54) is 12.1 Å². The van der Waals surface area contributed by atoms with E-state index in [4.69, 9.17) is 4.74 Å². The van der Waals surface area contributed by atoms with Gasteiger partial charge < -0.3 is 15.0 Å². The molecule has 1 saturated heterocycles. The topological polar surface area (TPSA) is 82.2 Å². The van der Waals surface area contributed by atoms with Crippen LogP contribution in [0.4, 0.5) is 9.18 Å². The molecular weight excluding hydrogens is 439 g/mol. The van der Waals surface area contributed by atoms with Gasteiger partial charge in [0.15, 0.2) is 0 Å². The number of rotatable bonds is 7. The second-order valence-corrected chi connectivity index (χ2v) is 8.99. The van der Waals surface area contributed by atoms with Gasteiger partial charge in [-0.2, -0.15) is 0 Å². The molecular formula is C25H33FN4O4. The molecule has 1 aliphatic carbocycles. The molecule has 2 heterocycles. The zero-order valence-electron chi connectivity index (χ0n) is 19.9. The maximum Gasteiger partial charge on any atom is 0.338 e. The van der Waals surface area contributed by atoms with E-state index < -0.39 is 17.8 Å². The van der Waals surface area contributed by atoms with E-state index in [0.29, 0.717) is 56.1 Å². The summed E-state index contributed by atoms with van der Waals surface area (Å²) >= 11 is 0. The summed E-state index contributed by atoms with van der Waals surface area (Å²) in [5.74, 6) is -0.546. The number of amides is 3. The minimum Gasteiger partial charge on any atom is -0.463 e. The summed E-state index contributed by atoms with van der Waals surface area (Å²) in [5, 5.41) is 2.86. The molecule has 3 amide bonds. The van der Waals surface area contributed by atoms with E-state index in [-0.39, 0.29) is 24.5 Å². The van der Waals surface area contributed by atoms with E-state index in [1.807, 2.05) is 11.8 Å². The normalized spacial score (nSPS) is 21.9. The Bertz CT molecular complexity index is 969. The van der Waals surface area contributed by atoms with Gasteiger partial charge in [0, 0.05) is 50.9 Å². The van der Waals surface area contributed by atoms with Crippen molar-refractivity contribution in [3.8, 4) is 0 Å². The fraction of sp³-hybridized carbons (Fsp3) is 0.560. The first-order chi connectivity index (χ1) is 16.4. The molecule has 1 saturated carbocycles. The Morgan fingerprint density at radius 3 is 2.47 bits per heavy atom. The van der Waals surface area contributed by atoms with Crippen LogP contribution in [0, 0.1) is 11.7 Å². The fourth-order valence-corrected chi connectivity index (χ4v) is 4.85. The molecule has 8 nitrogen and oxygen atoms in total. The van der Waals surface area contributed by atoms with E-state index in [9.17, 15) is 18.8 Å². The molecule has 3 aliphatic rings. The Kier molecular flexibility index (Phi) is 7.50. The van der Waals surface area contributed by atoms with Gasteiger partial charge in [0.05, 0.1) is 18.2 Å². The summed E-state index contributed by atoms with van der Waals surface area (Å²) in [6.45, 7) is 7.07. The van der Waals surface area contributed by atoms with Crippen LogP contribution in [0.1, 0.15) is 44.7 Å². The van der Waals surface area contributed by atoms with Crippen molar-refractivity contribution in [2.45, 2.75) is 39.2 Å². The molecule has 184 valence electrons. The molecule has 0 spiro atoms. The van der Waals surface area contributed by atoms with Crippen LogP contribution in [0.25, 0.3) is 0 Å². The van der Waals surface area contributed by atoms with Crippen LogP contribution in [0.2, 0.25) is 0 Å². The Hall–Kier alpha value is -2.94. The zero-order valence-corrected chi connectivity index (χ0v) is 19.9. The van der Waals surface area contributed by atoms with Gasteiger partial charge in [-0.25, -0.2) is 14.0 Å². The second-order valence-electron chi connectivity index (χ2n) is 8.99. The van der Waals surface area contributed by atoms with Crippen molar-refractivity contribution in [1.82, 2.24) is 20.0 Å². The van der Waals surface area contributed by atoms with Gasteiger partial charge in [-0.1, -0.05) is 18.6 Å². The quantitative estimate of drug-likeness (QED) is 0.617. The van der Waals surface area contributed by atoms with E-state index in [1.54, 1.807) is 24.0 Å². The van der Waals surface area contributed by atoms with E-state index in [0.717, 1.165) is 19.3 Å². The molecule has 2 fully saturated rings. The van der Waals surface area contributed by atoms with Crippen molar-refractivity contribution in [2.75, 3.05) is 45.9 Å². The van der Waals surface area contributed by atoms with E-state index >= 15 is 0 Å². The molecule has 4 rings (SSSR count). The predicted octanol–water partition coefficient (Wildman–Crippen LogP) is 2.67. The van der Waals surface area contributed by atoms with Crippen LogP contribution in [-0.4, -0.2) is 78.5 Å². The monoisotopic (exact) mass is 472 g/mol. The maximum atomic E-state index is 14.0. The molecule has 0 bridgehead atoms. The van der Waals surface area contributed by atoms with Gasteiger partial charge in [-0.15, -0.1) is 0 Å². The Morgan fingerprint density at radius 2 is 1.88 bits per heavy atom. The summed E-state index contributed by atoms with van der Waals surface area (Å²) in [7, 11) is 0. The van der Waals surface area contributed by atoms with Crippen molar-refractivity contribution in [2.24, 2.45) is 5.92 Å². The van der Waals surface area contributed by atoms with Crippen LogP contribution >= 0.6 is 0 Å². The first kappa shape index (κ1) is 24.2. The second kappa shape index (κ2) is 10.5. The molecule has 1 aromatic rings. The van der Waals surface area contributed by atoms with Crippen molar-refractivity contribution in [3.05, 3.63) is 46.9 Å². The lowest BCUT2D eigenvalue weighted by Crippen LogP contribution is -2.54. The highest BCUT2D eigenvalue weighted by Crippen LogP contribution is 2.33. The predicted molar refractivity (Wildman–Crippen MR) is 124 cm³/mol. The number of carbonyl (C=O) groups excluding carboxylic acids is 3. The highest BCUT2D eigenvalue weighted by Gasteiger charge is 2.39. The van der Waals surface area contributed by atoms with Crippen molar-refractivity contribution >= 4 is 17.9 Å². The Balaban J connectivity index is 1.61. The van der Waals surface area contributed by atoms with Gasteiger partial charge in [-0.05, 0) is 44.4 Å². The number of likely N-dealkylation sites (N-methyl/N-ethyl adjacent to an activating group) is 1. The summed E-state index contributed by atoms with van der Waals surface area (Å²) in [6.07, 6.45) is 3.09. The average molecular weight is 473 g/mol. The number of ether oxygens (including phenoxy) is 1. The lowest BCUT2D eigenvalue weighted by molar-refractivity contribution is -0.140. The molecule has 1 unspecified atom stereocenters. The van der Waals surface area contributed by atoms with Crippen LogP contribution < -0.4 is 5.32 Å². The largest absolute Gasteiger partial charge is 0.463 e. The number of hydrogen-bond donors (Lipinski definition) is 1. The van der Waals surface area contributed by atoms with Gasteiger partial charge in [0.25, 0.3) is 0 Å². The Labute approximate surface area is 199 Å². The van der Waals surface area contributed by atoms with Crippen molar-refractivity contribution in [1.29, 1.82) is 0 Å². The van der Waals surface area contributed by atoms with Gasteiger partial charge >= 0.3 is 12.0 Å². The maximum absolute atomic E-state index is 14.0. The molecule has 1 aromatic carbocycles. The lowest BCUT2D eigenvalue weighted by Gasteiger charge is -2.41. The Morgan fingerprint density at radius 1 is 1.15 bits per heavy atom. The number of halogens is 1. The number of benzene rings is 1. The van der Waals surface area contributed by atoms with Crippen LogP contribution in [0.15, 0.2) is 35.5 Å². The molecule has 1 N–H and O–H groups in total. The first-order valence-electron chi connectivity index (χ1n) is 12.2. The van der Waals surface area contributed by atoms with Gasteiger partial charge in [0.2, 0.25) is 5.91 Å². The third-order valence-corrected chi connectivity index (χ3v) is 6.94. The van der Waals surface area contributed by atoms with E-state index in [2.05, 4.69) is 10.2 Å².